The third-order valence-corrected chi connectivity index (χ3v) is 5.12. The van der Waals surface area contributed by atoms with Crippen LogP contribution in [0, 0.1) is 0 Å². The first kappa shape index (κ1) is 22.1. The Hall–Kier alpha value is -2.17. The molecule has 0 bridgehead atoms. The van der Waals surface area contributed by atoms with Crippen molar-refractivity contribution in [1.82, 2.24) is 5.32 Å². The largest absolute Gasteiger partial charge is 0.316 e. The molecule has 1 aliphatic heterocycles. The molecule has 0 fully saturated rings. The quantitative estimate of drug-likeness (QED) is 0.507. The molecule has 1 aliphatic rings. The van der Waals surface area contributed by atoms with Crippen LogP contribution in [0.1, 0.15) is 47.7 Å². The number of hydrogen-bond donors (Lipinski definition) is 1. The molecule has 3 rings (SSSR count). The number of rotatable bonds is 9. The molecule has 2 aromatic carbocycles. The van der Waals surface area contributed by atoms with Gasteiger partial charge in [0.15, 0.2) is 5.78 Å². The first-order valence-corrected chi connectivity index (χ1v) is 9.84. The van der Waals surface area contributed by atoms with Gasteiger partial charge in [-0.05, 0) is 68.1 Å². The van der Waals surface area contributed by atoms with Crippen LogP contribution in [0.25, 0.3) is 0 Å². The normalized spacial score (nSPS) is 12.4. The highest BCUT2D eigenvalue weighted by atomic mass is 35.5. The molecule has 0 saturated carbocycles. The van der Waals surface area contributed by atoms with Crippen LogP contribution in [-0.4, -0.2) is 31.3 Å². The van der Waals surface area contributed by atoms with E-state index in [1.54, 1.807) is 11.8 Å². The Bertz CT molecular complexity index is 792. The molecule has 0 atom stereocenters. The highest BCUT2D eigenvalue weighted by Gasteiger charge is 2.22. The molecule has 4 nitrogen and oxygen atoms in total. The SMILES string of the molecule is CC(=O)N1CCc2cc(C(=O)CCCCNCCc3ccccc3)ccc21.Cl. The number of amides is 1. The topological polar surface area (TPSA) is 49.4 Å². The van der Waals surface area contributed by atoms with Gasteiger partial charge >= 0.3 is 0 Å². The predicted molar refractivity (Wildman–Crippen MR) is 117 cm³/mol. The number of unbranched alkanes of at least 4 members (excludes halogenated alkanes) is 1. The van der Waals surface area contributed by atoms with Crippen molar-refractivity contribution in [3.05, 3.63) is 65.2 Å². The zero-order chi connectivity index (χ0) is 19.1. The second-order valence-electron chi connectivity index (χ2n) is 7.13. The second-order valence-corrected chi connectivity index (χ2v) is 7.13. The standard InChI is InChI=1S/C23H28N2O2.ClH/c1-18(26)25-16-13-20-17-21(10-11-22(20)25)23(27)9-5-6-14-24-15-12-19-7-3-2-4-8-19;/h2-4,7-8,10-11,17,24H,5-6,9,12-16H2,1H3;1H. The van der Waals surface area contributed by atoms with Gasteiger partial charge in [0.2, 0.25) is 5.91 Å². The first-order valence-electron chi connectivity index (χ1n) is 9.84. The van der Waals surface area contributed by atoms with Crippen LogP contribution < -0.4 is 10.2 Å². The zero-order valence-corrected chi connectivity index (χ0v) is 17.3. The van der Waals surface area contributed by atoms with E-state index >= 15 is 0 Å². The number of hydrogen-bond acceptors (Lipinski definition) is 3. The van der Waals surface area contributed by atoms with Crippen LogP contribution in [0.3, 0.4) is 0 Å². The van der Waals surface area contributed by atoms with Gasteiger partial charge < -0.3 is 10.2 Å². The summed E-state index contributed by atoms with van der Waals surface area (Å²) in [4.78, 5) is 25.8. The Labute approximate surface area is 173 Å². The van der Waals surface area contributed by atoms with E-state index in [-0.39, 0.29) is 24.1 Å². The molecule has 0 unspecified atom stereocenters. The van der Waals surface area contributed by atoms with Gasteiger partial charge in [0.25, 0.3) is 0 Å². The van der Waals surface area contributed by atoms with E-state index < -0.39 is 0 Å². The lowest BCUT2D eigenvalue weighted by Crippen LogP contribution is -2.25. The summed E-state index contributed by atoms with van der Waals surface area (Å²) in [6.45, 7) is 4.21. The van der Waals surface area contributed by atoms with E-state index in [2.05, 4.69) is 29.6 Å². The minimum Gasteiger partial charge on any atom is -0.316 e. The Morgan fingerprint density at radius 1 is 1.04 bits per heavy atom. The Balaban J connectivity index is 0.00000280. The molecular weight excluding hydrogens is 372 g/mol. The fourth-order valence-corrected chi connectivity index (χ4v) is 3.58. The molecule has 1 heterocycles. The maximum atomic E-state index is 12.4. The average molecular weight is 401 g/mol. The minimum absolute atomic E-state index is 0. The lowest BCUT2D eigenvalue weighted by Gasteiger charge is -2.14. The molecule has 1 amide bonds. The van der Waals surface area contributed by atoms with Gasteiger partial charge in [-0.1, -0.05) is 30.3 Å². The van der Waals surface area contributed by atoms with Gasteiger partial charge in [-0.25, -0.2) is 0 Å². The average Bonchev–Trinajstić information content (AvgIpc) is 3.11. The van der Waals surface area contributed by atoms with Gasteiger partial charge in [-0.3, -0.25) is 9.59 Å². The number of nitrogens with zero attached hydrogens (tertiary/aromatic N) is 1. The lowest BCUT2D eigenvalue weighted by atomic mass is 10.0. The van der Waals surface area contributed by atoms with Crippen molar-refractivity contribution in [1.29, 1.82) is 0 Å². The second kappa shape index (κ2) is 11.0. The van der Waals surface area contributed by atoms with Crippen LogP contribution in [0.15, 0.2) is 48.5 Å². The van der Waals surface area contributed by atoms with Crippen molar-refractivity contribution in [2.45, 2.75) is 39.0 Å². The molecule has 0 spiro atoms. The van der Waals surface area contributed by atoms with Crippen molar-refractivity contribution >= 4 is 29.8 Å². The maximum absolute atomic E-state index is 12.4. The van der Waals surface area contributed by atoms with Crippen LogP contribution in [0.5, 0.6) is 0 Å². The summed E-state index contributed by atoms with van der Waals surface area (Å²) >= 11 is 0. The Kier molecular flexibility index (Phi) is 8.68. The third kappa shape index (κ3) is 5.91. The van der Waals surface area contributed by atoms with Crippen molar-refractivity contribution in [2.75, 3.05) is 24.5 Å². The van der Waals surface area contributed by atoms with Crippen LogP contribution >= 0.6 is 12.4 Å². The molecule has 0 saturated heterocycles. The molecule has 0 aliphatic carbocycles. The van der Waals surface area contributed by atoms with Crippen molar-refractivity contribution in [3.63, 3.8) is 0 Å². The van der Waals surface area contributed by atoms with Gasteiger partial charge in [0, 0.05) is 31.1 Å². The summed E-state index contributed by atoms with van der Waals surface area (Å²) in [5.41, 5.74) is 4.19. The molecular formula is C23H29ClN2O2. The number of benzene rings is 2. The fourth-order valence-electron chi connectivity index (χ4n) is 3.58. The minimum atomic E-state index is 0. The summed E-state index contributed by atoms with van der Waals surface area (Å²) < 4.78 is 0. The number of carbonyl (C=O) groups excluding carboxylic acids is 2. The van der Waals surface area contributed by atoms with E-state index in [4.69, 9.17) is 0 Å². The van der Waals surface area contributed by atoms with E-state index in [9.17, 15) is 9.59 Å². The third-order valence-electron chi connectivity index (χ3n) is 5.12. The molecule has 0 radical (unpaired) electrons. The summed E-state index contributed by atoms with van der Waals surface area (Å²) in [7, 11) is 0. The number of Topliss-reactive ketones (excluding diaryl/α,β-unsaturated/α-hetero) is 1. The van der Waals surface area contributed by atoms with E-state index in [1.807, 2.05) is 24.3 Å². The number of carbonyl (C=O) groups is 2. The number of ketones is 1. The van der Waals surface area contributed by atoms with Crippen LogP contribution in [0.4, 0.5) is 5.69 Å². The molecule has 5 heteroatoms. The zero-order valence-electron chi connectivity index (χ0n) is 16.4. The van der Waals surface area contributed by atoms with Gasteiger partial charge in [-0.15, -0.1) is 12.4 Å². The van der Waals surface area contributed by atoms with Crippen molar-refractivity contribution in [3.8, 4) is 0 Å². The van der Waals surface area contributed by atoms with Gasteiger partial charge in [0.05, 0.1) is 0 Å². The van der Waals surface area contributed by atoms with Gasteiger partial charge in [0.1, 0.15) is 0 Å². The lowest BCUT2D eigenvalue weighted by molar-refractivity contribution is -0.116. The summed E-state index contributed by atoms with van der Waals surface area (Å²) in [5, 5.41) is 3.45. The predicted octanol–water partition coefficient (Wildman–Crippen LogP) is 4.20. The highest BCUT2D eigenvalue weighted by Crippen LogP contribution is 2.29. The summed E-state index contributed by atoms with van der Waals surface area (Å²) in [5.74, 6) is 0.260. The fraction of sp³-hybridized carbons (Fsp3) is 0.391. The smallest absolute Gasteiger partial charge is 0.223 e. The monoisotopic (exact) mass is 400 g/mol. The van der Waals surface area contributed by atoms with E-state index in [0.29, 0.717) is 6.42 Å². The highest BCUT2D eigenvalue weighted by molar-refractivity contribution is 5.98. The number of fused-ring (bicyclic) bond motifs is 1. The number of nitrogens with one attached hydrogen (secondary N) is 1. The Morgan fingerprint density at radius 2 is 1.82 bits per heavy atom. The molecule has 0 aromatic heterocycles. The summed E-state index contributed by atoms with van der Waals surface area (Å²) in [6.07, 6.45) is 4.35. The summed E-state index contributed by atoms with van der Waals surface area (Å²) in [6, 6.07) is 16.2. The van der Waals surface area contributed by atoms with Crippen LogP contribution in [-0.2, 0) is 17.6 Å². The first-order chi connectivity index (χ1) is 13.1. The maximum Gasteiger partial charge on any atom is 0.223 e. The number of halogens is 1. The number of anilines is 1. The van der Waals surface area contributed by atoms with Crippen molar-refractivity contribution < 1.29 is 9.59 Å². The van der Waals surface area contributed by atoms with Crippen molar-refractivity contribution in [2.24, 2.45) is 0 Å². The van der Waals surface area contributed by atoms with E-state index in [1.165, 1.54) is 5.56 Å². The Morgan fingerprint density at radius 3 is 2.57 bits per heavy atom. The van der Waals surface area contributed by atoms with E-state index in [0.717, 1.165) is 62.1 Å². The van der Waals surface area contributed by atoms with Gasteiger partial charge in [-0.2, -0.15) is 0 Å². The molecule has 28 heavy (non-hydrogen) atoms. The molecule has 2 aromatic rings. The molecule has 150 valence electrons. The van der Waals surface area contributed by atoms with Crippen LogP contribution in [0.2, 0.25) is 0 Å². The molecule has 1 N–H and O–H groups in total.